The van der Waals surface area contributed by atoms with E-state index < -0.39 is 15.9 Å². The van der Waals surface area contributed by atoms with Crippen molar-refractivity contribution in [3.63, 3.8) is 0 Å². The number of hydrogen-bond acceptors (Lipinski definition) is 5. The Bertz CT molecular complexity index is 1040. The lowest BCUT2D eigenvalue weighted by molar-refractivity contribution is 0.0953. The van der Waals surface area contributed by atoms with Gasteiger partial charge in [-0.05, 0) is 43.0 Å². The zero-order valence-electron chi connectivity index (χ0n) is 15.0. The summed E-state index contributed by atoms with van der Waals surface area (Å²) in [5.74, 6) is -0.418. The molecular weight excluding hydrogens is 384 g/mol. The molecule has 0 atom stereocenters. The molecule has 1 amide bonds. The van der Waals surface area contributed by atoms with Crippen LogP contribution in [-0.4, -0.2) is 30.7 Å². The molecule has 0 unspecified atom stereocenters. The second kappa shape index (κ2) is 7.93. The Morgan fingerprint density at radius 3 is 2.56 bits per heavy atom. The molecule has 0 bridgehead atoms. The maximum Gasteiger partial charge on any atom is 0.263 e. The average molecular weight is 405 g/mol. The van der Waals surface area contributed by atoms with Crippen molar-refractivity contribution in [2.24, 2.45) is 0 Å². The van der Waals surface area contributed by atoms with Gasteiger partial charge in [0, 0.05) is 18.4 Å². The summed E-state index contributed by atoms with van der Waals surface area (Å²) in [7, 11) is -3.85. The Hall–Kier alpha value is -2.65. The smallest absolute Gasteiger partial charge is 0.263 e. The fraction of sp³-hybridized carbons (Fsp3) is 0.222. The molecule has 0 spiro atoms. The van der Waals surface area contributed by atoms with Gasteiger partial charge >= 0.3 is 0 Å². The Balaban J connectivity index is 1.68. The number of benzene rings is 1. The van der Waals surface area contributed by atoms with Crippen molar-refractivity contribution in [1.82, 2.24) is 15.1 Å². The standard InChI is InChI=1S/C18H20N4O3S2/c1-13-3-5-15(6-4-13)21-27(24,25)16-7-10-26-17(16)18(23)19-8-9-22-12-14(2)11-20-22/h3-7,10-12,21H,8-9H2,1-2H3,(H,19,23). The zero-order chi connectivity index (χ0) is 19.4. The predicted octanol–water partition coefficient (Wildman–Crippen LogP) is 2.79. The Kier molecular flexibility index (Phi) is 5.62. The molecule has 142 valence electrons. The van der Waals surface area contributed by atoms with Crippen molar-refractivity contribution < 1.29 is 13.2 Å². The topological polar surface area (TPSA) is 93.1 Å². The number of sulfonamides is 1. The van der Waals surface area contributed by atoms with Crippen molar-refractivity contribution in [3.8, 4) is 0 Å². The average Bonchev–Trinajstić information content (AvgIpc) is 3.26. The van der Waals surface area contributed by atoms with E-state index in [1.807, 2.05) is 32.2 Å². The number of aryl methyl sites for hydroxylation is 2. The molecule has 7 nitrogen and oxygen atoms in total. The van der Waals surface area contributed by atoms with Crippen molar-refractivity contribution in [2.75, 3.05) is 11.3 Å². The first-order valence-electron chi connectivity index (χ1n) is 8.29. The lowest BCUT2D eigenvalue weighted by Gasteiger charge is -2.10. The molecule has 2 N–H and O–H groups in total. The lowest BCUT2D eigenvalue weighted by Crippen LogP contribution is -2.28. The van der Waals surface area contributed by atoms with Gasteiger partial charge in [0.25, 0.3) is 15.9 Å². The molecule has 0 fully saturated rings. The highest BCUT2D eigenvalue weighted by atomic mass is 32.2. The second-order valence-corrected chi connectivity index (χ2v) is 8.69. The number of hydrogen-bond donors (Lipinski definition) is 2. The first-order chi connectivity index (χ1) is 12.8. The van der Waals surface area contributed by atoms with E-state index in [-0.39, 0.29) is 9.77 Å². The number of nitrogens with one attached hydrogen (secondary N) is 2. The summed E-state index contributed by atoms with van der Waals surface area (Å²) in [6, 6.07) is 8.44. The van der Waals surface area contributed by atoms with Crippen LogP contribution in [0.15, 0.2) is 53.0 Å². The Morgan fingerprint density at radius 2 is 1.89 bits per heavy atom. The summed E-state index contributed by atoms with van der Waals surface area (Å²) in [6.45, 7) is 4.72. The number of thiophene rings is 1. The van der Waals surface area contributed by atoms with Crippen molar-refractivity contribution in [1.29, 1.82) is 0 Å². The molecule has 0 radical (unpaired) electrons. The molecule has 2 heterocycles. The third-order valence-electron chi connectivity index (χ3n) is 3.82. The van der Waals surface area contributed by atoms with Crippen LogP contribution in [0.1, 0.15) is 20.8 Å². The molecule has 3 aromatic rings. The van der Waals surface area contributed by atoms with Gasteiger partial charge in [0.05, 0.1) is 12.7 Å². The van der Waals surface area contributed by atoms with Crippen LogP contribution < -0.4 is 10.0 Å². The van der Waals surface area contributed by atoms with Gasteiger partial charge in [-0.1, -0.05) is 17.7 Å². The highest BCUT2D eigenvalue weighted by Gasteiger charge is 2.24. The fourth-order valence-electron chi connectivity index (χ4n) is 2.46. The van der Waals surface area contributed by atoms with Crippen LogP contribution in [0.3, 0.4) is 0 Å². The van der Waals surface area contributed by atoms with E-state index in [9.17, 15) is 13.2 Å². The number of rotatable bonds is 7. The van der Waals surface area contributed by atoms with Gasteiger partial charge in [-0.3, -0.25) is 14.2 Å². The van der Waals surface area contributed by atoms with E-state index >= 15 is 0 Å². The summed E-state index contributed by atoms with van der Waals surface area (Å²) >= 11 is 1.09. The minimum absolute atomic E-state index is 0.0273. The highest BCUT2D eigenvalue weighted by molar-refractivity contribution is 7.93. The lowest BCUT2D eigenvalue weighted by atomic mass is 10.2. The van der Waals surface area contributed by atoms with E-state index in [0.29, 0.717) is 18.8 Å². The number of anilines is 1. The summed E-state index contributed by atoms with van der Waals surface area (Å²) in [5, 5.41) is 8.49. The quantitative estimate of drug-likeness (QED) is 0.633. The molecular formula is C18H20N4O3S2. The van der Waals surface area contributed by atoms with Crippen LogP contribution in [0, 0.1) is 13.8 Å². The zero-order valence-corrected chi connectivity index (χ0v) is 16.6. The van der Waals surface area contributed by atoms with Crippen molar-refractivity contribution >= 4 is 33.0 Å². The third kappa shape index (κ3) is 4.75. The van der Waals surface area contributed by atoms with Gasteiger partial charge in [0.15, 0.2) is 0 Å². The molecule has 0 aliphatic carbocycles. The molecule has 9 heteroatoms. The van der Waals surface area contributed by atoms with Gasteiger partial charge in [-0.15, -0.1) is 11.3 Å². The second-order valence-electron chi connectivity index (χ2n) is 6.12. The fourth-order valence-corrected chi connectivity index (χ4v) is 4.86. The first kappa shape index (κ1) is 19.1. The minimum atomic E-state index is -3.85. The van der Waals surface area contributed by atoms with Gasteiger partial charge < -0.3 is 5.32 Å². The summed E-state index contributed by atoms with van der Waals surface area (Å²) < 4.78 is 29.6. The molecule has 3 rings (SSSR count). The van der Waals surface area contributed by atoms with Crippen LogP contribution in [0.2, 0.25) is 0 Å². The highest BCUT2D eigenvalue weighted by Crippen LogP contribution is 2.24. The molecule has 0 saturated heterocycles. The number of carbonyl (C=O) groups is 1. The van der Waals surface area contributed by atoms with Crippen LogP contribution in [0.25, 0.3) is 0 Å². The summed E-state index contributed by atoms with van der Waals surface area (Å²) in [5.41, 5.74) is 2.52. The van der Waals surface area contributed by atoms with Gasteiger partial charge in [-0.25, -0.2) is 8.42 Å². The van der Waals surface area contributed by atoms with E-state index in [1.165, 1.54) is 6.07 Å². The number of carbonyl (C=O) groups excluding carboxylic acids is 1. The monoisotopic (exact) mass is 404 g/mol. The first-order valence-corrected chi connectivity index (χ1v) is 10.7. The third-order valence-corrected chi connectivity index (χ3v) is 6.28. The molecule has 0 aliphatic rings. The van der Waals surface area contributed by atoms with Crippen molar-refractivity contribution in [3.05, 3.63) is 64.1 Å². The summed E-state index contributed by atoms with van der Waals surface area (Å²) in [4.78, 5) is 12.6. The van der Waals surface area contributed by atoms with Gasteiger partial charge in [-0.2, -0.15) is 5.10 Å². The van der Waals surface area contributed by atoms with Crippen LogP contribution in [0.5, 0.6) is 0 Å². The minimum Gasteiger partial charge on any atom is -0.349 e. The van der Waals surface area contributed by atoms with Gasteiger partial charge in [0.2, 0.25) is 0 Å². The van der Waals surface area contributed by atoms with Crippen LogP contribution >= 0.6 is 11.3 Å². The number of aromatic nitrogens is 2. The van der Waals surface area contributed by atoms with Crippen molar-refractivity contribution in [2.45, 2.75) is 25.3 Å². The molecule has 2 aromatic heterocycles. The maximum absolute atomic E-state index is 12.7. The summed E-state index contributed by atoms with van der Waals surface area (Å²) in [6.07, 6.45) is 3.61. The van der Waals surface area contributed by atoms with Crippen LogP contribution in [-0.2, 0) is 16.6 Å². The van der Waals surface area contributed by atoms with E-state index in [0.717, 1.165) is 22.5 Å². The Morgan fingerprint density at radius 1 is 1.15 bits per heavy atom. The maximum atomic E-state index is 12.7. The molecule has 0 saturated carbocycles. The van der Waals surface area contributed by atoms with Gasteiger partial charge in [0.1, 0.15) is 9.77 Å². The normalized spacial score (nSPS) is 11.3. The number of nitrogens with zero attached hydrogens (tertiary/aromatic N) is 2. The van der Waals surface area contributed by atoms with E-state index in [1.54, 1.807) is 28.4 Å². The molecule has 0 aliphatic heterocycles. The van der Waals surface area contributed by atoms with E-state index in [4.69, 9.17) is 0 Å². The SMILES string of the molecule is Cc1ccc(NS(=O)(=O)c2ccsc2C(=O)NCCn2cc(C)cn2)cc1. The number of amides is 1. The van der Waals surface area contributed by atoms with E-state index in [2.05, 4.69) is 15.1 Å². The predicted molar refractivity (Wildman–Crippen MR) is 106 cm³/mol. The van der Waals surface area contributed by atoms with Crippen LogP contribution in [0.4, 0.5) is 5.69 Å². The Labute approximate surface area is 162 Å². The molecule has 27 heavy (non-hydrogen) atoms. The largest absolute Gasteiger partial charge is 0.349 e. The molecule has 1 aromatic carbocycles.